The van der Waals surface area contributed by atoms with Crippen molar-refractivity contribution in [2.45, 2.75) is 18.9 Å². The van der Waals surface area contributed by atoms with E-state index < -0.39 is 5.60 Å². The van der Waals surface area contributed by atoms with Crippen LogP contribution in [0.3, 0.4) is 0 Å². The molecule has 0 unspecified atom stereocenters. The predicted molar refractivity (Wildman–Crippen MR) is 95.1 cm³/mol. The second-order valence-electron chi connectivity index (χ2n) is 6.25. The first-order valence-electron chi connectivity index (χ1n) is 8.33. The smallest absolute Gasteiger partial charge is 0.222 e. The highest BCUT2D eigenvalue weighted by Gasteiger charge is 2.38. The van der Waals surface area contributed by atoms with E-state index in [1.165, 1.54) is 6.92 Å². The molecule has 3 aromatic rings. The summed E-state index contributed by atoms with van der Waals surface area (Å²) >= 11 is 0. The first kappa shape index (κ1) is 16.6. The molecule has 8 nitrogen and oxygen atoms in total. The summed E-state index contributed by atoms with van der Waals surface area (Å²) in [5, 5.41) is 7.98. The molecule has 0 radical (unpaired) electrons. The van der Waals surface area contributed by atoms with E-state index in [2.05, 4.69) is 15.4 Å². The molecule has 134 valence electrons. The number of aromatic nitrogens is 4. The van der Waals surface area contributed by atoms with Crippen molar-refractivity contribution < 1.29 is 14.3 Å². The lowest BCUT2D eigenvalue weighted by Gasteiger charge is -2.25. The van der Waals surface area contributed by atoms with E-state index in [1.54, 1.807) is 30.3 Å². The minimum Gasteiger partial charge on any atom is -0.378 e. The average Bonchev–Trinajstić information content (AvgIpc) is 3.29. The van der Waals surface area contributed by atoms with Crippen molar-refractivity contribution >= 4 is 22.6 Å². The van der Waals surface area contributed by atoms with Gasteiger partial charge in [-0.05, 0) is 12.1 Å². The standard InChI is InChI=1S/C18H19N5O3/c1-12(24)21-16-8-14-13(9-19-16)10-20-23(14)17-5-3-4-15(22-17)18(25-2)6-7-26-11-18/h3-5,8-10H,6-7,11H2,1-2H3,(H,19,21,24)/t18-/m0/s1. The van der Waals surface area contributed by atoms with Gasteiger partial charge in [-0.15, -0.1) is 0 Å². The molecule has 0 aromatic carbocycles. The highest BCUT2D eigenvalue weighted by atomic mass is 16.5. The molecule has 4 rings (SSSR count). The van der Waals surface area contributed by atoms with Gasteiger partial charge in [0.1, 0.15) is 11.4 Å². The molecule has 3 aromatic heterocycles. The third-order valence-electron chi connectivity index (χ3n) is 4.55. The van der Waals surface area contributed by atoms with Crippen molar-refractivity contribution in [1.29, 1.82) is 0 Å². The van der Waals surface area contributed by atoms with E-state index in [-0.39, 0.29) is 5.91 Å². The van der Waals surface area contributed by atoms with Crippen molar-refractivity contribution in [2.75, 3.05) is 25.6 Å². The molecular weight excluding hydrogens is 334 g/mol. The van der Waals surface area contributed by atoms with E-state index in [1.807, 2.05) is 18.2 Å². The second kappa shape index (κ2) is 6.47. The fourth-order valence-electron chi connectivity index (χ4n) is 3.16. The lowest BCUT2D eigenvalue weighted by Crippen LogP contribution is -2.30. The van der Waals surface area contributed by atoms with Gasteiger partial charge < -0.3 is 14.8 Å². The molecule has 8 heteroatoms. The zero-order valence-electron chi connectivity index (χ0n) is 14.6. The molecule has 0 spiro atoms. The molecular formula is C18H19N5O3. The number of ether oxygens (including phenoxy) is 2. The van der Waals surface area contributed by atoms with Gasteiger partial charge in [-0.25, -0.2) is 14.6 Å². The van der Waals surface area contributed by atoms with Crippen molar-refractivity contribution in [3.05, 3.63) is 42.4 Å². The summed E-state index contributed by atoms with van der Waals surface area (Å²) < 4.78 is 13.0. The van der Waals surface area contributed by atoms with Gasteiger partial charge in [0, 0.05) is 44.7 Å². The zero-order valence-corrected chi connectivity index (χ0v) is 14.6. The van der Waals surface area contributed by atoms with E-state index in [9.17, 15) is 4.79 Å². The zero-order chi connectivity index (χ0) is 18.1. The monoisotopic (exact) mass is 353 g/mol. The maximum absolute atomic E-state index is 11.3. The summed E-state index contributed by atoms with van der Waals surface area (Å²) in [6, 6.07) is 7.54. The number of carbonyl (C=O) groups is 1. The number of nitrogens with zero attached hydrogens (tertiary/aromatic N) is 4. The van der Waals surface area contributed by atoms with Crippen LogP contribution in [0.2, 0.25) is 0 Å². The molecule has 1 aliphatic rings. The highest BCUT2D eigenvalue weighted by Crippen LogP contribution is 2.33. The Bertz CT molecular complexity index is 962. The molecule has 1 amide bonds. The van der Waals surface area contributed by atoms with Gasteiger partial charge in [-0.3, -0.25) is 4.79 Å². The minimum absolute atomic E-state index is 0.175. The van der Waals surface area contributed by atoms with E-state index >= 15 is 0 Å². The lowest BCUT2D eigenvalue weighted by atomic mass is 9.98. The van der Waals surface area contributed by atoms with Crippen molar-refractivity contribution in [3.8, 4) is 5.82 Å². The third-order valence-corrected chi connectivity index (χ3v) is 4.55. The van der Waals surface area contributed by atoms with Crippen LogP contribution in [0.15, 0.2) is 36.7 Å². The number of hydrogen-bond donors (Lipinski definition) is 1. The number of pyridine rings is 2. The highest BCUT2D eigenvalue weighted by molar-refractivity contribution is 5.90. The van der Waals surface area contributed by atoms with Crippen LogP contribution >= 0.6 is 0 Å². The van der Waals surface area contributed by atoms with Gasteiger partial charge in [0.2, 0.25) is 5.91 Å². The number of nitrogens with one attached hydrogen (secondary N) is 1. The number of fused-ring (bicyclic) bond motifs is 1. The summed E-state index contributed by atoms with van der Waals surface area (Å²) in [6.45, 7) is 2.58. The Labute approximate surface area is 150 Å². The molecule has 0 saturated carbocycles. The van der Waals surface area contributed by atoms with Crippen molar-refractivity contribution in [1.82, 2.24) is 19.7 Å². The molecule has 1 atom stereocenters. The Kier molecular flexibility index (Phi) is 4.14. The Morgan fingerprint density at radius 3 is 3.00 bits per heavy atom. The van der Waals surface area contributed by atoms with Gasteiger partial charge in [-0.1, -0.05) is 6.07 Å². The maximum Gasteiger partial charge on any atom is 0.222 e. The van der Waals surface area contributed by atoms with Crippen molar-refractivity contribution in [3.63, 3.8) is 0 Å². The quantitative estimate of drug-likeness (QED) is 0.772. The Morgan fingerprint density at radius 2 is 2.27 bits per heavy atom. The fourth-order valence-corrected chi connectivity index (χ4v) is 3.16. The molecule has 0 bridgehead atoms. The summed E-state index contributed by atoms with van der Waals surface area (Å²) in [7, 11) is 1.68. The van der Waals surface area contributed by atoms with Crippen LogP contribution in [-0.4, -0.2) is 46.0 Å². The largest absolute Gasteiger partial charge is 0.378 e. The molecule has 1 N–H and O–H groups in total. The number of rotatable bonds is 4. The predicted octanol–water partition coefficient (Wildman–Crippen LogP) is 2.04. The van der Waals surface area contributed by atoms with Crippen LogP contribution in [0.1, 0.15) is 19.0 Å². The van der Waals surface area contributed by atoms with Crippen molar-refractivity contribution in [2.24, 2.45) is 0 Å². The minimum atomic E-state index is -0.526. The van der Waals surface area contributed by atoms with Crippen LogP contribution in [0.4, 0.5) is 5.82 Å². The Morgan fingerprint density at radius 1 is 1.38 bits per heavy atom. The SMILES string of the molecule is CO[C@@]1(c2cccc(-n3ncc4cnc(NC(C)=O)cc43)n2)CCOC1. The van der Waals surface area contributed by atoms with Gasteiger partial charge in [0.25, 0.3) is 0 Å². The summed E-state index contributed by atoms with van der Waals surface area (Å²) in [5.41, 5.74) is 1.10. The van der Waals surface area contributed by atoms with E-state index in [4.69, 9.17) is 14.5 Å². The number of hydrogen-bond acceptors (Lipinski definition) is 6. The van der Waals surface area contributed by atoms with Crippen LogP contribution in [0.25, 0.3) is 16.7 Å². The number of methoxy groups -OCH3 is 1. The molecule has 26 heavy (non-hydrogen) atoms. The van der Waals surface area contributed by atoms with E-state index in [0.29, 0.717) is 24.8 Å². The van der Waals surface area contributed by atoms with Gasteiger partial charge >= 0.3 is 0 Å². The fraction of sp³-hybridized carbons (Fsp3) is 0.333. The van der Waals surface area contributed by atoms with E-state index in [0.717, 1.165) is 23.0 Å². The van der Waals surface area contributed by atoms with Gasteiger partial charge in [0.15, 0.2) is 5.82 Å². The topological polar surface area (TPSA) is 91.2 Å². The Balaban J connectivity index is 1.78. The van der Waals surface area contributed by atoms with Crippen LogP contribution in [0, 0.1) is 0 Å². The normalized spacial score (nSPS) is 19.8. The number of amides is 1. The lowest BCUT2D eigenvalue weighted by molar-refractivity contribution is -0.114. The molecule has 0 aliphatic carbocycles. The van der Waals surface area contributed by atoms with Crippen LogP contribution in [-0.2, 0) is 19.9 Å². The second-order valence-corrected chi connectivity index (χ2v) is 6.25. The molecule has 4 heterocycles. The molecule has 1 saturated heterocycles. The molecule has 1 aliphatic heterocycles. The van der Waals surface area contributed by atoms with Gasteiger partial charge in [0.05, 0.1) is 24.0 Å². The van der Waals surface area contributed by atoms with Crippen LogP contribution in [0.5, 0.6) is 0 Å². The molecule has 1 fully saturated rings. The number of anilines is 1. The summed E-state index contributed by atoms with van der Waals surface area (Å²) in [4.78, 5) is 20.3. The first-order chi connectivity index (χ1) is 12.6. The maximum atomic E-state index is 11.3. The summed E-state index contributed by atoms with van der Waals surface area (Å²) in [5.74, 6) is 0.965. The first-order valence-corrected chi connectivity index (χ1v) is 8.33. The average molecular weight is 353 g/mol. The summed E-state index contributed by atoms with van der Waals surface area (Å²) in [6.07, 6.45) is 4.16. The number of carbonyl (C=O) groups excluding carboxylic acids is 1. The third kappa shape index (κ3) is 2.83. The van der Waals surface area contributed by atoms with Crippen LogP contribution < -0.4 is 5.32 Å². The van der Waals surface area contributed by atoms with Gasteiger partial charge in [-0.2, -0.15) is 5.10 Å². The Hall–Kier alpha value is -2.84.